The Morgan fingerprint density at radius 2 is 1.92 bits per heavy atom. The lowest BCUT2D eigenvalue weighted by molar-refractivity contribution is 0.00497. The number of ether oxygens (including phenoxy) is 2. The fourth-order valence-corrected chi connectivity index (χ4v) is 0.878. The Labute approximate surface area is 80.2 Å². The minimum Gasteiger partial charge on any atom is -0.389 e. The van der Waals surface area contributed by atoms with E-state index in [4.69, 9.17) is 9.47 Å². The first-order valence-corrected chi connectivity index (χ1v) is 4.79. The van der Waals surface area contributed by atoms with Crippen LogP contribution in [0.3, 0.4) is 0 Å². The molecule has 0 aliphatic carbocycles. The standard InChI is InChI=1S/C9H21NO3/c1-3-4-12-5-6-13-8-9(11)7-10-2/h9-11H,3-8H2,1-2H3. The third kappa shape index (κ3) is 9.76. The van der Waals surface area contributed by atoms with E-state index in [0.717, 1.165) is 13.0 Å². The van der Waals surface area contributed by atoms with E-state index in [1.54, 1.807) is 7.05 Å². The van der Waals surface area contributed by atoms with Crippen molar-refractivity contribution < 1.29 is 14.6 Å². The lowest BCUT2D eigenvalue weighted by atomic mass is 10.4. The largest absolute Gasteiger partial charge is 0.389 e. The summed E-state index contributed by atoms with van der Waals surface area (Å²) in [5.41, 5.74) is 0. The van der Waals surface area contributed by atoms with Gasteiger partial charge in [-0.2, -0.15) is 0 Å². The molecule has 0 aliphatic heterocycles. The van der Waals surface area contributed by atoms with Gasteiger partial charge in [-0.25, -0.2) is 0 Å². The molecular weight excluding hydrogens is 170 g/mol. The Bertz CT molecular complexity index is 101. The second-order valence-corrected chi connectivity index (χ2v) is 2.90. The third-order valence-electron chi connectivity index (χ3n) is 1.47. The van der Waals surface area contributed by atoms with Crippen LogP contribution in [0.25, 0.3) is 0 Å². The molecule has 0 saturated carbocycles. The average molecular weight is 191 g/mol. The summed E-state index contributed by atoms with van der Waals surface area (Å²) in [5, 5.41) is 12.1. The van der Waals surface area contributed by atoms with Gasteiger partial charge in [0.2, 0.25) is 0 Å². The predicted octanol–water partition coefficient (Wildman–Crippen LogP) is 0.00990. The number of rotatable bonds is 9. The second kappa shape index (κ2) is 9.92. The van der Waals surface area contributed by atoms with Gasteiger partial charge in [0.15, 0.2) is 0 Å². The minimum atomic E-state index is -0.420. The molecule has 80 valence electrons. The highest BCUT2D eigenvalue weighted by atomic mass is 16.5. The number of likely N-dealkylation sites (N-methyl/N-ethyl adjacent to an activating group) is 1. The van der Waals surface area contributed by atoms with Gasteiger partial charge in [-0.05, 0) is 13.5 Å². The van der Waals surface area contributed by atoms with Crippen molar-refractivity contribution in [2.45, 2.75) is 19.4 Å². The van der Waals surface area contributed by atoms with Gasteiger partial charge < -0.3 is 19.9 Å². The van der Waals surface area contributed by atoms with Crippen LogP contribution in [0.5, 0.6) is 0 Å². The van der Waals surface area contributed by atoms with Crippen molar-refractivity contribution in [1.82, 2.24) is 5.32 Å². The summed E-state index contributed by atoms with van der Waals surface area (Å²) < 4.78 is 10.4. The monoisotopic (exact) mass is 191 g/mol. The van der Waals surface area contributed by atoms with E-state index in [2.05, 4.69) is 12.2 Å². The Balaban J connectivity index is 2.97. The van der Waals surface area contributed by atoms with E-state index in [0.29, 0.717) is 26.4 Å². The van der Waals surface area contributed by atoms with Gasteiger partial charge in [0.25, 0.3) is 0 Å². The van der Waals surface area contributed by atoms with Crippen LogP contribution in [0.2, 0.25) is 0 Å². The van der Waals surface area contributed by atoms with Crippen LogP contribution in [0.4, 0.5) is 0 Å². The Kier molecular flexibility index (Phi) is 9.80. The van der Waals surface area contributed by atoms with Crippen molar-refractivity contribution in [3.8, 4) is 0 Å². The maximum absolute atomic E-state index is 9.22. The molecule has 4 nitrogen and oxygen atoms in total. The van der Waals surface area contributed by atoms with Crippen molar-refractivity contribution in [2.75, 3.05) is 40.0 Å². The maximum Gasteiger partial charge on any atom is 0.0897 e. The molecule has 0 radical (unpaired) electrons. The summed E-state index contributed by atoms with van der Waals surface area (Å²) in [6, 6.07) is 0. The predicted molar refractivity (Wildman–Crippen MR) is 51.9 cm³/mol. The molecule has 1 unspecified atom stereocenters. The molecule has 2 N–H and O–H groups in total. The van der Waals surface area contributed by atoms with Crippen LogP contribution in [-0.2, 0) is 9.47 Å². The van der Waals surface area contributed by atoms with E-state index >= 15 is 0 Å². The summed E-state index contributed by atoms with van der Waals surface area (Å²) in [7, 11) is 1.80. The zero-order chi connectivity index (χ0) is 9.94. The van der Waals surface area contributed by atoms with Gasteiger partial charge in [-0.15, -0.1) is 0 Å². The molecule has 13 heavy (non-hydrogen) atoms. The summed E-state index contributed by atoms with van der Waals surface area (Å²) in [6.07, 6.45) is 0.610. The van der Waals surface area contributed by atoms with Gasteiger partial charge in [-0.3, -0.25) is 0 Å². The van der Waals surface area contributed by atoms with Gasteiger partial charge in [0, 0.05) is 13.2 Å². The van der Waals surface area contributed by atoms with E-state index in [1.165, 1.54) is 0 Å². The van der Waals surface area contributed by atoms with Crippen LogP contribution >= 0.6 is 0 Å². The average Bonchev–Trinajstić information content (AvgIpc) is 2.11. The van der Waals surface area contributed by atoms with Crippen molar-refractivity contribution >= 4 is 0 Å². The number of aliphatic hydroxyl groups is 1. The Morgan fingerprint density at radius 3 is 2.54 bits per heavy atom. The number of nitrogens with one attached hydrogen (secondary N) is 1. The SMILES string of the molecule is CCCOCCOCC(O)CNC. The highest BCUT2D eigenvalue weighted by Crippen LogP contribution is 1.85. The molecule has 1 atom stereocenters. The van der Waals surface area contributed by atoms with Crippen molar-refractivity contribution in [1.29, 1.82) is 0 Å². The van der Waals surface area contributed by atoms with E-state index in [9.17, 15) is 5.11 Å². The third-order valence-corrected chi connectivity index (χ3v) is 1.47. The molecule has 0 aromatic carbocycles. The van der Waals surface area contributed by atoms with E-state index in [1.807, 2.05) is 0 Å². The normalized spacial score (nSPS) is 13.2. The maximum atomic E-state index is 9.22. The van der Waals surface area contributed by atoms with Gasteiger partial charge in [0.05, 0.1) is 25.9 Å². The Morgan fingerprint density at radius 1 is 1.23 bits per heavy atom. The Hall–Kier alpha value is -0.160. The van der Waals surface area contributed by atoms with Crippen LogP contribution in [0.15, 0.2) is 0 Å². The fourth-order valence-electron chi connectivity index (χ4n) is 0.878. The fraction of sp³-hybridized carbons (Fsp3) is 1.00. The molecule has 0 aromatic heterocycles. The molecular formula is C9H21NO3. The quantitative estimate of drug-likeness (QED) is 0.504. The molecule has 0 amide bonds. The molecule has 4 heteroatoms. The minimum absolute atomic E-state index is 0.371. The summed E-state index contributed by atoms with van der Waals surface area (Å²) in [5.74, 6) is 0. The van der Waals surface area contributed by atoms with Crippen LogP contribution in [0, 0.1) is 0 Å². The van der Waals surface area contributed by atoms with Gasteiger partial charge in [-0.1, -0.05) is 6.92 Å². The van der Waals surface area contributed by atoms with E-state index in [-0.39, 0.29) is 0 Å². The van der Waals surface area contributed by atoms with Crippen LogP contribution in [-0.4, -0.2) is 51.2 Å². The van der Waals surface area contributed by atoms with Crippen molar-refractivity contribution in [2.24, 2.45) is 0 Å². The molecule has 0 rings (SSSR count). The topological polar surface area (TPSA) is 50.7 Å². The molecule has 0 bridgehead atoms. The number of aliphatic hydroxyl groups excluding tert-OH is 1. The molecule has 0 spiro atoms. The molecule has 0 fully saturated rings. The van der Waals surface area contributed by atoms with Crippen molar-refractivity contribution in [3.05, 3.63) is 0 Å². The smallest absolute Gasteiger partial charge is 0.0897 e. The first kappa shape index (κ1) is 12.8. The van der Waals surface area contributed by atoms with Gasteiger partial charge in [0.1, 0.15) is 0 Å². The zero-order valence-corrected chi connectivity index (χ0v) is 8.58. The second-order valence-electron chi connectivity index (χ2n) is 2.90. The molecule has 0 aliphatic rings. The number of hydrogen-bond donors (Lipinski definition) is 2. The first-order chi connectivity index (χ1) is 6.31. The first-order valence-electron chi connectivity index (χ1n) is 4.79. The van der Waals surface area contributed by atoms with Crippen molar-refractivity contribution in [3.63, 3.8) is 0 Å². The highest BCUT2D eigenvalue weighted by molar-refractivity contribution is 4.54. The van der Waals surface area contributed by atoms with Gasteiger partial charge >= 0.3 is 0 Å². The molecule has 0 aromatic rings. The summed E-state index contributed by atoms with van der Waals surface area (Å²) in [6.45, 7) is 4.95. The lowest BCUT2D eigenvalue weighted by Crippen LogP contribution is -2.28. The summed E-state index contributed by atoms with van der Waals surface area (Å²) >= 11 is 0. The van der Waals surface area contributed by atoms with Crippen LogP contribution in [0.1, 0.15) is 13.3 Å². The lowest BCUT2D eigenvalue weighted by Gasteiger charge is -2.10. The van der Waals surface area contributed by atoms with E-state index < -0.39 is 6.10 Å². The zero-order valence-electron chi connectivity index (χ0n) is 8.58. The highest BCUT2D eigenvalue weighted by Gasteiger charge is 2.01. The molecule has 0 heterocycles. The summed E-state index contributed by atoms with van der Waals surface area (Å²) in [4.78, 5) is 0. The number of hydrogen-bond acceptors (Lipinski definition) is 4. The molecule has 0 saturated heterocycles. The van der Waals surface area contributed by atoms with Crippen LogP contribution < -0.4 is 5.32 Å².